The Hall–Kier alpha value is -3.36. The molecule has 29 heavy (non-hydrogen) atoms. The van der Waals surface area contributed by atoms with Crippen LogP contribution in [0.2, 0.25) is 0 Å². The summed E-state index contributed by atoms with van der Waals surface area (Å²) in [7, 11) is 3.32. The van der Waals surface area contributed by atoms with Crippen molar-refractivity contribution in [1.82, 2.24) is 25.2 Å². The fraction of sp³-hybridized carbons (Fsp3) is 0.400. The first-order valence-corrected chi connectivity index (χ1v) is 9.49. The summed E-state index contributed by atoms with van der Waals surface area (Å²) >= 11 is 0. The maximum absolute atomic E-state index is 11.9. The minimum Gasteiger partial charge on any atom is -0.504 e. The van der Waals surface area contributed by atoms with Crippen molar-refractivity contribution in [2.45, 2.75) is 32.1 Å². The van der Waals surface area contributed by atoms with Crippen LogP contribution >= 0.6 is 0 Å². The van der Waals surface area contributed by atoms with Crippen molar-refractivity contribution in [3.8, 4) is 22.9 Å². The highest BCUT2D eigenvalue weighted by Gasteiger charge is 2.11. The van der Waals surface area contributed by atoms with Gasteiger partial charge in [0.1, 0.15) is 0 Å². The zero-order valence-electron chi connectivity index (χ0n) is 16.6. The van der Waals surface area contributed by atoms with Crippen LogP contribution in [-0.2, 0) is 24.7 Å². The Morgan fingerprint density at radius 3 is 2.93 bits per heavy atom. The number of ether oxygens (including phenoxy) is 1. The number of nitrogens with one attached hydrogen (secondary N) is 1. The number of aryl methyl sites for hydroxylation is 2. The van der Waals surface area contributed by atoms with Crippen molar-refractivity contribution in [3.63, 3.8) is 0 Å². The number of phenols is 1. The van der Waals surface area contributed by atoms with Gasteiger partial charge in [-0.3, -0.25) is 9.48 Å². The number of carbonyl (C=O) groups excluding carboxylic acids is 1. The van der Waals surface area contributed by atoms with Gasteiger partial charge in [-0.25, -0.2) is 0 Å². The first kappa shape index (κ1) is 20.4. The quantitative estimate of drug-likeness (QED) is 0.502. The minimum atomic E-state index is 0.00358. The molecule has 0 spiro atoms. The number of hydrogen-bond acceptors (Lipinski definition) is 7. The Kier molecular flexibility index (Phi) is 6.83. The largest absolute Gasteiger partial charge is 0.504 e. The summed E-state index contributed by atoms with van der Waals surface area (Å²) in [6.07, 6.45) is 7.28. The summed E-state index contributed by atoms with van der Waals surface area (Å²) in [4.78, 5) is 16.3. The van der Waals surface area contributed by atoms with Gasteiger partial charge >= 0.3 is 0 Å². The third-order valence-corrected chi connectivity index (χ3v) is 4.42. The zero-order chi connectivity index (χ0) is 20.6. The van der Waals surface area contributed by atoms with Crippen molar-refractivity contribution in [2.75, 3.05) is 13.7 Å². The Labute approximate surface area is 168 Å². The number of aromatic hydroxyl groups is 1. The number of benzene rings is 1. The first-order chi connectivity index (χ1) is 14.0. The highest BCUT2D eigenvalue weighted by molar-refractivity contribution is 5.78. The molecule has 0 atom stereocenters. The van der Waals surface area contributed by atoms with Crippen LogP contribution in [-0.4, -0.2) is 44.6 Å². The third-order valence-electron chi connectivity index (χ3n) is 4.42. The summed E-state index contributed by atoms with van der Waals surface area (Å²) in [5.74, 6) is 1.45. The van der Waals surface area contributed by atoms with Crippen LogP contribution in [0, 0.1) is 0 Å². The Bertz CT molecular complexity index is 950. The second-order valence-corrected chi connectivity index (χ2v) is 6.76. The predicted molar refractivity (Wildman–Crippen MR) is 105 cm³/mol. The normalized spacial score (nSPS) is 10.8. The van der Waals surface area contributed by atoms with E-state index in [0.29, 0.717) is 42.4 Å². The average molecular weight is 399 g/mol. The zero-order valence-corrected chi connectivity index (χ0v) is 16.6. The van der Waals surface area contributed by atoms with Crippen molar-refractivity contribution in [3.05, 3.63) is 42.0 Å². The van der Waals surface area contributed by atoms with Crippen molar-refractivity contribution >= 4 is 5.91 Å². The summed E-state index contributed by atoms with van der Waals surface area (Å²) in [5, 5.41) is 20.6. The SMILES string of the molecule is COc1cc(-c2noc(CCCCCNC(=O)Cc3cnn(C)c3)n2)ccc1O. The molecule has 9 nitrogen and oxygen atoms in total. The van der Waals surface area contributed by atoms with E-state index in [-0.39, 0.29) is 11.7 Å². The summed E-state index contributed by atoms with van der Waals surface area (Å²) in [6.45, 7) is 0.640. The van der Waals surface area contributed by atoms with Crippen molar-refractivity contribution < 1.29 is 19.2 Å². The molecule has 2 N–H and O–H groups in total. The Morgan fingerprint density at radius 2 is 2.17 bits per heavy atom. The molecule has 154 valence electrons. The van der Waals surface area contributed by atoms with Gasteiger partial charge in [0.15, 0.2) is 11.5 Å². The van der Waals surface area contributed by atoms with Gasteiger partial charge in [0.05, 0.1) is 19.7 Å². The van der Waals surface area contributed by atoms with Crippen LogP contribution in [0.15, 0.2) is 35.1 Å². The second kappa shape index (κ2) is 9.72. The standard InChI is InChI=1S/C20H25N5O4/c1-25-13-14(12-22-25)10-18(27)21-9-5-3-4-6-19-23-20(24-29-19)15-7-8-16(26)17(11-15)28-2/h7-8,11-13,26H,3-6,9-10H2,1-2H3,(H,21,27). The Morgan fingerprint density at radius 1 is 1.31 bits per heavy atom. The van der Waals surface area contributed by atoms with Crippen molar-refractivity contribution in [2.24, 2.45) is 7.05 Å². The molecule has 0 aliphatic heterocycles. The molecule has 2 heterocycles. The average Bonchev–Trinajstić information content (AvgIpc) is 3.34. The van der Waals surface area contributed by atoms with Gasteiger partial charge in [0.2, 0.25) is 17.6 Å². The molecule has 0 saturated heterocycles. The lowest BCUT2D eigenvalue weighted by molar-refractivity contribution is -0.120. The van der Waals surface area contributed by atoms with Gasteiger partial charge in [-0.2, -0.15) is 10.1 Å². The maximum atomic E-state index is 11.9. The topological polar surface area (TPSA) is 115 Å². The van der Waals surface area contributed by atoms with Crippen LogP contribution in [0.1, 0.15) is 30.7 Å². The molecule has 0 aliphatic rings. The molecule has 1 aromatic carbocycles. The van der Waals surface area contributed by atoms with Gasteiger partial charge in [0, 0.05) is 31.8 Å². The highest BCUT2D eigenvalue weighted by Crippen LogP contribution is 2.30. The van der Waals surface area contributed by atoms with E-state index in [2.05, 4.69) is 20.6 Å². The van der Waals surface area contributed by atoms with E-state index in [4.69, 9.17) is 9.26 Å². The number of hydrogen-bond donors (Lipinski definition) is 2. The number of unbranched alkanes of at least 4 members (excludes halogenated alkanes) is 2. The van der Waals surface area contributed by atoms with Gasteiger partial charge in [-0.05, 0) is 36.6 Å². The fourth-order valence-corrected chi connectivity index (χ4v) is 2.91. The summed E-state index contributed by atoms with van der Waals surface area (Å²) in [5.41, 5.74) is 1.62. The lowest BCUT2D eigenvalue weighted by atomic mass is 10.2. The second-order valence-electron chi connectivity index (χ2n) is 6.76. The first-order valence-electron chi connectivity index (χ1n) is 9.49. The number of carbonyl (C=O) groups is 1. The molecule has 0 fully saturated rings. The molecule has 2 aromatic heterocycles. The minimum absolute atomic E-state index is 0.00358. The molecular formula is C20H25N5O4. The van der Waals surface area contributed by atoms with Crippen LogP contribution in [0.4, 0.5) is 0 Å². The fourth-order valence-electron chi connectivity index (χ4n) is 2.91. The van der Waals surface area contributed by atoms with Crippen LogP contribution < -0.4 is 10.1 Å². The van der Waals surface area contributed by atoms with E-state index in [1.165, 1.54) is 13.2 Å². The number of rotatable bonds is 10. The molecule has 0 bridgehead atoms. The van der Waals surface area contributed by atoms with Gasteiger partial charge in [0.25, 0.3) is 0 Å². The molecule has 0 saturated carbocycles. The molecule has 0 radical (unpaired) electrons. The van der Waals surface area contributed by atoms with Crippen molar-refractivity contribution in [1.29, 1.82) is 0 Å². The summed E-state index contributed by atoms with van der Waals surface area (Å²) < 4.78 is 12.1. The number of nitrogens with zero attached hydrogens (tertiary/aromatic N) is 4. The van der Waals surface area contributed by atoms with E-state index in [1.807, 2.05) is 13.2 Å². The number of methoxy groups -OCH3 is 1. The molecule has 1 amide bonds. The number of amides is 1. The van der Waals surface area contributed by atoms with E-state index in [0.717, 1.165) is 24.8 Å². The van der Waals surface area contributed by atoms with Crippen LogP contribution in [0.5, 0.6) is 11.5 Å². The Balaban J connectivity index is 1.35. The molecular weight excluding hydrogens is 374 g/mol. The third kappa shape index (κ3) is 5.81. The number of aromatic nitrogens is 4. The lowest BCUT2D eigenvalue weighted by Crippen LogP contribution is -2.25. The highest BCUT2D eigenvalue weighted by atomic mass is 16.5. The number of phenolic OH excluding ortho intramolecular Hbond substituents is 1. The summed E-state index contributed by atoms with van der Waals surface area (Å²) in [6, 6.07) is 4.91. The van der Waals surface area contributed by atoms with E-state index in [1.54, 1.807) is 23.0 Å². The molecule has 3 aromatic rings. The molecule has 9 heteroatoms. The van der Waals surface area contributed by atoms with Gasteiger partial charge in [-0.15, -0.1) is 0 Å². The van der Waals surface area contributed by atoms with Gasteiger partial charge < -0.3 is 19.7 Å². The van der Waals surface area contributed by atoms with Gasteiger partial charge in [-0.1, -0.05) is 11.6 Å². The molecule has 0 unspecified atom stereocenters. The lowest BCUT2D eigenvalue weighted by Gasteiger charge is -2.04. The molecule has 3 rings (SSSR count). The van der Waals surface area contributed by atoms with Crippen LogP contribution in [0.3, 0.4) is 0 Å². The monoisotopic (exact) mass is 399 g/mol. The van der Waals surface area contributed by atoms with E-state index >= 15 is 0 Å². The van der Waals surface area contributed by atoms with Crippen LogP contribution in [0.25, 0.3) is 11.4 Å². The molecule has 0 aliphatic carbocycles. The maximum Gasteiger partial charge on any atom is 0.226 e. The van der Waals surface area contributed by atoms with E-state index < -0.39 is 0 Å². The smallest absolute Gasteiger partial charge is 0.226 e. The van der Waals surface area contributed by atoms with E-state index in [9.17, 15) is 9.90 Å². The predicted octanol–water partition coefficient (Wildman–Crippen LogP) is 2.26.